The lowest BCUT2D eigenvalue weighted by Gasteiger charge is -2.11. The molecular weight excluding hydrogens is 195 g/mol. The Kier molecular flexibility index (Phi) is 4.72. The molecule has 15 heavy (non-hydrogen) atoms. The molecule has 3 heteroatoms. The summed E-state index contributed by atoms with van der Waals surface area (Å²) in [4.78, 5) is 0. The molecule has 1 atom stereocenters. The summed E-state index contributed by atoms with van der Waals surface area (Å²) < 4.78 is 18.1. The summed E-state index contributed by atoms with van der Waals surface area (Å²) in [5.41, 5.74) is 1.63. The lowest BCUT2D eigenvalue weighted by atomic mass is 10.0. The minimum Gasteiger partial charge on any atom is -0.371 e. The Balaban J connectivity index is 2.53. The van der Waals surface area contributed by atoms with Crippen LogP contribution < -0.4 is 0 Å². The molecule has 0 radical (unpaired) electrons. The second kappa shape index (κ2) is 5.83. The summed E-state index contributed by atoms with van der Waals surface area (Å²) in [5.74, 6) is 0.113. The fourth-order valence-electron chi connectivity index (χ4n) is 1.48. The van der Waals surface area contributed by atoms with Gasteiger partial charge in [0.1, 0.15) is 12.6 Å². The van der Waals surface area contributed by atoms with Crippen LogP contribution in [0.3, 0.4) is 0 Å². The van der Waals surface area contributed by atoms with E-state index in [1.54, 1.807) is 19.1 Å². The minimum absolute atomic E-state index is 0.164. The molecule has 1 aromatic carbocycles. The van der Waals surface area contributed by atoms with Crippen molar-refractivity contribution in [2.45, 2.75) is 20.3 Å². The predicted molar refractivity (Wildman–Crippen MR) is 57.0 cm³/mol. The number of aliphatic hydroxyl groups is 1. The van der Waals surface area contributed by atoms with Crippen LogP contribution in [-0.2, 0) is 11.2 Å². The van der Waals surface area contributed by atoms with Gasteiger partial charge in [-0.25, -0.2) is 4.39 Å². The van der Waals surface area contributed by atoms with Crippen molar-refractivity contribution in [2.24, 2.45) is 5.92 Å². The summed E-state index contributed by atoms with van der Waals surface area (Å²) in [6, 6.07) is 5.27. The summed E-state index contributed by atoms with van der Waals surface area (Å²) in [5, 5.41) is 8.48. The monoisotopic (exact) mass is 212 g/mol. The molecule has 2 nitrogen and oxygen atoms in total. The third-order valence-corrected chi connectivity index (χ3v) is 2.31. The first-order valence-corrected chi connectivity index (χ1v) is 5.07. The van der Waals surface area contributed by atoms with E-state index in [1.807, 2.05) is 13.0 Å². The van der Waals surface area contributed by atoms with E-state index in [-0.39, 0.29) is 18.5 Å². The molecule has 0 spiro atoms. The highest BCUT2D eigenvalue weighted by molar-refractivity contribution is 5.23. The third-order valence-electron chi connectivity index (χ3n) is 2.31. The lowest BCUT2D eigenvalue weighted by Crippen LogP contribution is -2.09. The number of aryl methyl sites for hydroxylation is 1. The van der Waals surface area contributed by atoms with Gasteiger partial charge in [-0.1, -0.05) is 19.1 Å². The second-order valence-electron chi connectivity index (χ2n) is 3.89. The average Bonchev–Trinajstić information content (AvgIpc) is 2.20. The van der Waals surface area contributed by atoms with E-state index in [2.05, 4.69) is 0 Å². The van der Waals surface area contributed by atoms with Crippen molar-refractivity contribution in [1.29, 1.82) is 0 Å². The smallest absolute Gasteiger partial charge is 0.143 e. The standard InChI is InChI=1S/C12H17FO2/c1-9(7-15-8-14)5-11-4-3-10(2)12(13)6-11/h3-4,6,9,14H,5,7-8H2,1-2H3. The summed E-state index contributed by atoms with van der Waals surface area (Å²) in [7, 11) is 0. The topological polar surface area (TPSA) is 29.5 Å². The van der Waals surface area contributed by atoms with Crippen molar-refractivity contribution in [3.05, 3.63) is 35.1 Å². The molecule has 0 bridgehead atoms. The molecule has 0 aliphatic carbocycles. The highest BCUT2D eigenvalue weighted by Gasteiger charge is 2.05. The summed E-state index contributed by atoms with van der Waals surface area (Å²) in [6.45, 7) is 3.99. The van der Waals surface area contributed by atoms with Gasteiger partial charge in [0.25, 0.3) is 0 Å². The van der Waals surface area contributed by atoms with Gasteiger partial charge >= 0.3 is 0 Å². The van der Waals surface area contributed by atoms with Gasteiger partial charge in [0, 0.05) is 0 Å². The first-order chi connectivity index (χ1) is 7.13. The SMILES string of the molecule is Cc1ccc(CC(C)COCO)cc1F. The van der Waals surface area contributed by atoms with Crippen molar-refractivity contribution in [1.82, 2.24) is 0 Å². The maximum atomic E-state index is 13.2. The fourth-order valence-corrected chi connectivity index (χ4v) is 1.48. The van der Waals surface area contributed by atoms with E-state index >= 15 is 0 Å². The number of hydrogen-bond donors (Lipinski definition) is 1. The average molecular weight is 212 g/mol. The van der Waals surface area contributed by atoms with Crippen LogP contribution in [0.1, 0.15) is 18.1 Å². The van der Waals surface area contributed by atoms with Crippen LogP contribution in [0.4, 0.5) is 4.39 Å². The van der Waals surface area contributed by atoms with E-state index in [0.29, 0.717) is 12.2 Å². The first kappa shape index (κ1) is 12.1. The molecule has 0 heterocycles. The van der Waals surface area contributed by atoms with Crippen molar-refractivity contribution in [3.8, 4) is 0 Å². The van der Waals surface area contributed by atoms with Gasteiger partial charge in [0.05, 0.1) is 6.61 Å². The van der Waals surface area contributed by atoms with Crippen molar-refractivity contribution >= 4 is 0 Å². The second-order valence-corrected chi connectivity index (χ2v) is 3.89. The Hall–Kier alpha value is -0.930. The minimum atomic E-state index is -0.257. The Morgan fingerprint density at radius 1 is 1.47 bits per heavy atom. The van der Waals surface area contributed by atoms with Gasteiger partial charge in [-0.05, 0) is 36.5 Å². The third kappa shape index (κ3) is 3.98. The van der Waals surface area contributed by atoms with Crippen LogP contribution in [0.5, 0.6) is 0 Å². The molecule has 84 valence electrons. The Labute approximate surface area is 89.7 Å². The van der Waals surface area contributed by atoms with Gasteiger partial charge in [-0.3, -0.25) is 0 Å². The Bertz CT molecular complexity index is 312. The van der Waals surface area contributed by atoms with Crippen molar-refractivity contribution in [3.63, 3.8) is 0 Å². The zero-order chi connectivity index (χ0) is 11.3. The molecule has 1 aromatic rings. The zero-order valence-electron chi connectivity index (χ0n) is 9.16. The molecule has 0 fully saturated rings. The fraction of sp³-hybridized carbons (Fsp3) is 0.500. The van der Waals surface area contributed by atoms with Crippen molar-refractivity contribution < 1.29 is 14.2 Å². The number of rotatable bonds is 5. The van der Waals surface area contributed by atoms with Gasteiger partial charge in [-0.2, -0.15) is 0 Å². The quantitative estimate of drug-likeness (QED) is 0.759. The number of halogens is 1. The van der Waals surface area contributed by atoms with Crippen LogP contribution in [-0.4, -0.2) is 18.5 Å². The van der Waals surface area contributed by atoms with E-state index in [0.717, 1.165) is 12.0 Å². The molecule has 0 saturated carbocycles. The summed E-state index contributed by atoms with van der Waals surface area (Å²) in [6.07, 6.45) is 0.761. The molecule has 0 aromatic heterocycles. The summed E-state index contributed by atoms with van der Waals surface area (Å²) >= 11 is 0. The maximum absolute atomic E-state index is 13.2. The largest absolute Gasteiger partial charge is 0.371 e. The number of hydrogen-bond acceptors (Lipinski definition) is 2. The van der Waals surface area contributed by atoms with Crippen LogP contribution in [0, 0.1) is 18.7 Å². The van der Waals surface area contributed by atoms with Crippen LogP contribution in [0.25, 0.3) is 0 Å². The Morgan fingerprint density at radius 3 is 2.80 bits per heavy atom. The van der Waals surface area contributed by atoms with Gasteiger partial charge in [-0.15, -0.1) is 0 Å². The van der Waals surface area contributed by atoms with Crippen molar-refractivity contribution in [2.75, 3.05) is 13.4 Å². The van der Waals surface area contributed by atoms with Crippen LogP contribution in [0.15, 0.2) is 18.2 Å². The maximum Gasteiger partial charge on any atom is 0.143 e. The van der Waals surface area contributed by atoms with E-state index in [4.69, 9.17) is 9.84 Å². The molecule has 0 amide bonds. The number of aliphatic hydroxyl groups excluding tert-OH is 1. The predicted octanol–water partition coefficient (Wildman–Crippen LogP) is 2.28. The molecule has 0 saturated heterocycles. The molecule has 0 aliphatic heterocycles. The molecule has 1 rings (SSSR count). The highest BCUT2D eigenvalue weighted by Crippen LogP contribution is 2.13. The molecule has 1 unspecified atom stereocenters. The first-order valence-electron chi connectivity index (χ1n) is 5.07. The van der Waals surface area contributed by atoms with Gasteiger partial charge < -0.3 is 9.84 Å². The lowest BCUT2D eigenvalue weighted by molar-refractivity contribution is -0.0150. The number of benzene rings is 1. The highest BCUT2D eigenvalue weighted by atomic mass is 19.1. The van der Waals surface area contributed by atoms with E-state index < -0.39 is 0 Å². The molecule has 1 N–H and O–H groups in total. The molecule has 0 aliphatic rings. The van der Waals surface area contributed by atoms with E-state index in [9.17, 15) is 4.39 Å². The van der Waals surface area contributed by atoms with Gasteiger partial charge in [0.15, 0.2) is 0 Å². The van der Waals surface area contributed by atoms with Crippen LogP contribution >= 0.6 is 0 Å². The normalized spacial score (nSPS) is 12.8. The number of ether oxygens (including phenoxy) is 1. The van der Waals surface area contributed by atoms with Gasteiger partial charge in [0.2, 0.25) is 0 Å². The van der Waals surface area contributed by atoms with Crippen LogP contribution in [0.2, 0.25) is 0 Å². The molecular formula is C12H17FO2. The Morgan fingerprint density at radius 2 is 2.20 bits per heavy atom. The zero-order valence-corrected chi connectivity index (χ0v) is 9.16. The van der Waals surface area contributed by atoms with E-state index in [1.165, 1.54) is 0 Å².